The number of quaternary nitrogens is 1. The summed E-state index contributed by atoms with van der Waals surface area (Å²) in [5, 5.41) is 10.0. The number of carbonyl (C=O) groups excluding carboxylic acids is 1. The highest BCUT2D eigenvalue weighted by Gasteiger charge is 2.26. The molecule has 10 heteroatoms. The Bertz CT molecular complexity index is 1100. The Labute approximate surface area is 343 Å². The van der Waals surface area contributed by atoms with Crippen LogP contribution in [0.25, 0.3) is 0 Å². The number of carbonyl (C=O) groups is 1. The quantitative estimate of drug-likeness (QED) is 0.0120. The molecular weight excluding hydrogens is 725 g/mol. The van der Waals surface area contributed by atoms with Crippen molar-refractivity contribution >= 4 is 13.8 Å². The number of hydrogen-bond donors (Lipinski definition) is 2. The molecule has 0 saturated heterocycles. The monoisotopic (exact) mass is 811 g/mol. The second-order valence-electron chi connectivity index (χ2n) is 16.0. The lowest BCUT2D eigenvalue weighted by molar-refractivity contribution is -0.870. The molecule has 3 atom stereocenters. The van der Waals surface area contributed by atoms with Gasteiger partial charge in [0.05, 0.1) is 40.1 Å². The normalized spacial score (nSPS) is 14.8. The zero-order chi connectivity index (χ0) is 41.4. The Balaban J connectivity index is 4.46. The van der Waals surface area contributed by atoms with E-state index in [1.165, 1.54) is 103 Å². The van der Waals surface area contributed by atoms with E-state index in [9.17, 15) is 19.4 Å². The van der Waals surface area contributed by atoms with Gasteiger partial charge in [-0.05, 0) is 57.4 Å². The predicted molar refractivity (Wildman–Crippen MR) is 234 cm³/mol. The standard InChI is InChI=1S/C46H84NO8P/c1-6-8-10-12-14-15-16-17-18-19-20-21-24-27-31-35-40-52-42-45(43-54-56(50,51)53-41-39-47(3,4)5)55-46(49)38-34-30-26-23-22-25-29-33-37-44(48)36-32-28-13-11-9-7-2/h23,25-26,28-29,32-33,35,37,40,44-45,48H,6-22,24,27,30-31,34,36,38-39,41-43H2,1-5H3/p+1/b26-23-,29-25-,32-28-,37-33+,40-35+/t44-,45+/m0/s1. The summed E-state index contributed by atoms with van der Waals surface area (Å²) in [4.78, 5) is 22.8. The summed E-state index contributed by atoms with van der Waals surface area (Å²) < 4.78 is 34.6. The van der Waals surface area contributed by atoms with Gasteiger partial charge in [0.2, 0.25) is 0 Å². The number of allylic oxidation sites excluding steroid dienone is 7. The Kier molecular flexibility index (Phi) is 37.1. The average Bonchev–Trinajstić information content (AvgIpc) is 3.14. The van der Waals surface area contributed by atoms with Gasteiger partial charge in [0.1, 0.15) is 19.8 Å². The van der Waals surface area contributed by atoms with Gasteiger partial charge in [-0.1, -0.05) is 159 Å². The fraction of sp³-hybridized carbons (Fsp3) is 0.761. The zero-order valence-corrected chi connectivity index (χ0v) is 37.4. The van der Waals surface area contributed by atoms with Gasteiger partial charge in [-0.25, -0.2) is 4.57 Å². The summed E-state index contributed by atoms with van der Waals surface area (Å²) in [5.41, 5.74) is 0. The maximum atomic E-state index is 12.7. The first-order chi connectivity index (χ1) is 27.0. The van der Waals surface area contributed by atoms with Crippen molar-refractivity contribution in [3.05, 3.63) is 60.9 Å². The number of phosphoric ester groups is 1. The third-order valence-corrected chi connectivity index (χ3v) is 10.2. The van der Waals surface area contributed by atoms with Crippen molar-refractivity contribution in [2.24, 2.45) is 0 Å². The molecule has 1 unspecified atom stereocenters. The van der Waals surface area contributed by atoms with E-state index < -0.39 is 26.0 Å². The van der Waals surface area contributed by atoms with Crippen LogP contribution in [0.1, 0.15) is 168 Å². The molecule has 0 amide bonds. The Hall–Kier alpha value is -2.00. The van der Waals surface area contributed by atoms with Crippen molar-refractivity contribution in [1.82, 2.24) is 0 Å². The molecule has 0 saturated carbocycles. The molecule has 0 aromatic carbocycles. The molecule has 0 heterocycles. The van der Waals surface area contributed by atoms with E-state index in [1.807, 2.05) is 63.7 Å². The van der Waals surface area contributed by atoms with Crippen LogP contribution in [0, 0.1) is 0 Å². The summed E-state index contributed by atoms with van der Waals surface area (Å²) in [7, 11) is 1.56. The third-order valence-electron chi connectivity index (χ3n) is 9.23. The smallest absolute Gasteiger partial charge is 0.472 e. The van der Waals surface area contributed by atoms with Crippen LogP contribution >= 0.6 is 7.82 Å². The van der Waals surface area contributed by atoms with E-state index in [4.69, 9.17) is 18.5 Å². The Morgan fingerprint density at radius 1 is 0.661 bits per heavy atom. The van der Waals surface area contributed by atoms with Crippen LogP contribution < -0.4 is 0 Å². The highest BCUT2D eigenvalue weighted by molar-refractivity contribution is 7.47. The molecule has 2 N–H and O–H groups in total. The highest BCUT2D eigenvalue weighted by Crippen LogP contribution is 2.43. The summed E-state index contributed by atoms with van der Waals surface area (Å²) in [6, 6.07) is 0. The van der Waals surface area contributed by atoms with Crippen molar-refractivity contribution in [3.8, 4) is 0 Å². The van der Waals surface area contributed by atoms with Crippen molar-refractivity contribution in [2.45, 2.75) is 180 Å². The number of aliphatic hydroxyl groups excluding tert-OH is 1. The number of unbranched alkanes of at least 4 members (excludes halogenated alkanes) is 18. The summed E-state index contributed by atoms with van der Waals surface area (Å²) in [6.07, 6.45) is 45.3. The van der Waals surface area contributed by atoms with Crippen LogP contribution in [0.5, 0.6) is 0 Å². The van der Waals surface area contributed by atoms with Crippen LogP contribution in [0.3, 0.4) is 0 Å². The number of hydrogen-bond acceptors (Lipinski definition) is 7. The molecule has 0 aromatic rings. The third kappa shape index (κ3) is 41.6. The second kappa shape index (κ2) is 38.5. The molecule has 0 aromatic heterocycles. The van der Waals surface area contributed by atoms with Gasteiger partial charge in [0.15, 0.2) is 6.10 Å². The van der Waals surface area contributed by atoms with Crippen LogP contribution in [-0.2, 0) is 27.9 Å². The van der Waals surface area contributed by atoms with Gasteiger partial charge in [-0.2, -0.15) is 0 Å². The minimum absolute atomic E-state index is 0.00726. The first-order valence-electron chi connectivity index (χ1n) is 22.2. The average molecular weight is 811 g/mol. The molecule has 56 heavy (non-hydrogen) atoms. The summed E-state index contributed by atoms with van der Waals surface area (Å²) in [5.74, 6) is -0.417. The molecule has 326 valence electrons. The van der Waals surface area contributed by atoms with Crippen LogP contribution in [0.15, 0.2) is 60.9 Å². The van der Waals surface area contributed by atoms with E-state index in [0.29, 0.717) is 30.3 Å². The molecule has 0 aliphatic rings. The molecule has 0 fully saturated rings. The number of rotatable bonds is 40. The SMILES string of the molecule is CCCCC/C=C\C[C@H](O)/C=C/C=C\C/C=C\CCCC(=O)O[C@H](CO/C=C/CCCCCCCCCCCCCCCC)COP(=O)(O)OCC[N+](C)(C)C. The summed E-state index contributed by atoms with van der Waals surface area (Å²) in [6.45, 7) is 4.74. The number of esters is 1. The van der Waals surface area contributed by atoms with Crippen LogP contribution in [0.4, 0.5) is 0 Å². The second-order valence-corrected chi connectivity index (χ2v) is 17.4. The predicted octanol–water partition coefficient (Wildman–Crippen LogP) is 12.3. The van der Waals surface area contributed by atoms with Gasteiger partial charge >= 0.3 is 13.8 Å². The van der Waals surface area contributed by atoms with Crippen molar-refractivity contribution in [1.29, 1.82) is 0 Å². The number of likely N-dealkylation sites (N-methyl/N-ethyl adjacent to an activating group) is 1. The van der Waals surface area contributed by atoms with Gasteiger partial charge in [0.25, 0.3) is 0 Å². The summed E-state index contributed by atoms with van der Waals surface area (Å²) >= 11 is 0. The number of ether oxygens (including phenoxy) is 2. The first kappa shape index (κ1) is 54.0. The lowest BCUT2D eigenvalue weighted by Crippen LogP contribution is -2.37. The topological polar surface area (TPSA) is 112 Å². The highest BCUT2D eigenvalue weighted by atomic mass is 31.2. The van der Waals surface area contributed by atoms with E-state index in [-0.39, 0.29) is 26.2 Å². The molecule has 0 bridgehead atoms. The fourth-order valence-electron chi connectivity index (χ4n) is 5.71. The molecule has 0 aliphatic carbocycles. The van der Waals surface area contributed by atoms with Crippen molar-refractivity contribution in [2.75, 3.05) is 47.5 Å². The Morgan fingerprint density at radius 2 is 1.21 bits per heavy atom. The first-order valence-corrected chi connectivity index (χ1v) is 23.7. The largest absolute Gasteiger partial charge is 0.498 e. The molecular formula is C46H85NO8P+. The minimum Gasteiger partial charge on any atom is -0.498 e. The van der Waals surface area contributed by atoms with Gasteiger partial charge in [-0.15, -0.1) is 0 Å². The van der Waals surface area contributed by atoms with E-state index in [1.54, 1.807) is 12.3 Å². The van der Waals surface area contributed by atoms with E-state index in [2.05, 4.69) is 19.9 Å². The van der Waals surface area contributed by atoms with Crippen LogP contribution in [-0.4, -0.2) is 80.2 Å². The van der Waals surface area contributed by atoms with Gasteiger partial charge in [0, 0.05) is 6.42 Å². The van der Waals surface area contributed by atoms with Gasteiger partial charge < -0.3 is 24.0 Å². The van der Waals surface area contributed by atoms with Crippen LogP contribution in [0.2, 0.25) is 0 Å². The maximum Gasteiger partial charge on any atom is 0.472 e. The number of nitrogens with zero attached hydrogens (tertiary/aromatic N) is 1. The molecule has 0 spiro atoms. The van der Waals surface area contributed by atoms with E-state index >= 15 is 0 Å². The van der Waals surface area contributed by atoms with Crippen molar-refractivity contribution < 1.29 is 42.4 Å². The molecule has 9 nitrogen and oxygen atoms in total. The number of phosphoric acid groups is 1. The molecule has 0 radical (unpaired) electrons. The zero-order valence-electron chi connectivity index (χ0n) is 36.5. The maximum absolute atomic E-state index is 12.7. The van der Waals surface area contributed by atoms with E-state index in [0.717, 1.165) is 25.7 Å². The Morgan fingerprint density at radius 3 is 1.86 bits per heavy atom. The van der Waals surface area contributed by atoms with Gasteiger partial charge in [-0.3, -0.25) is 13.8 Å². The minimum atomic E-state index is -4.32. The lowest BCUT2D eigenvalue weighted by atomic mass is 10.0. The fourth-order valence-corrected chi connectivity index (χ4v) is 6.45. The number of aliphatic hydroxyl groups is 1. The van der Waals surface area contributed by atoms with Crippen molar-refractivity contribution in [3.63, 3.8) is 0 Å². The molecule has 0 rings (SSSR count). The lowest BCUT2D eigenvalue weighted by Gasteiger charge is -2.24. The molecule has 0 aliphatic heterocycles.